The van der Waals surface area contributed by atoms with E-state index in [0.717, 1.165) is 16.6 Å². The van der Waals surface area contributed by atoms with E-state index in [4.69, 9.17) is 9.47 Å². The molecule has 1 aliphatic heterocycles. The number of nitrogens with zero attached hydrogens (tertiary/aromatic N) is 3. The molecule has 122 valence electrons. The molecule has 2 aromatic rings. The van der Waals surface area contributed by atoms with Crippen LogP contribution in [-0.4, -0.2) is 47.1 Å². The number of nitrogens with one attached hydrogen (secondary N) is 1. The number of amides is 1. The minimum Gasteiger partial charge on any atom is -0.381 e. The van der Waals surface area contributed by atoms with E-state index < -0.39 is 6.10 Å². The second-order valence-corrected chi connectivity index (χ2v) is 6.19. The molecule has 0 saturated carbocycles. The molecule has 0 spiro atoms. The van der Waals surface area contributed by atoms with E-state index in [-0.39, 0.29) is 11.8 Å². The van der Waals surface area contributed by atoms with Gasteiger partial charge >= 0.3 is 0 Å². The third-order valence-corrected chi connectivity index (χ3v) is 4.28. The van der Waals surface area contributed by atoms with Crippen LogP contribution < -0.4 is 5.32 Å². The lowest BCUT2D eigenvalue weighted by molar-refractivity contribution is -0.128. The topological polar surface area (TPSA) is 78.3 Å². The molecule has 1 aromatic heterocycles. The van der Waals surface area contributed by atoms with Crippen LogP contribution in [0.15, 0.2) is 35.3 Å². The molecular weight excluding hydrogens is 364 g/mol. The molecule has 2 unspecified atom stereocenters. The van der Waals surface area contributed by atoms with E-state index in [1.165, 1.54) is 6.33 Å². The lowest BCUT2D eigenvalue weighted by atomic mass is 10.0. The minimum atomic E-state index is -0.542. The van der Waals surface area contributed by atoms with Crippen molar-refractivity contribution in [3.8, 4) is 5.69 Å². The van der Waals surface area contributed by atoms with Crippen molar-refractivity contribution in [3.63, 3.8) is 0 Å². The fraction of sp³-hybridized carbons (Fsp3) is 0.400. The quantitative estimate of drug-likeness (QED) is 0.858. The van der Waals surface area contributed by atoms with Gasteiger partial charge < -0.3 is 14.8 Å². The van der Waals surface area contributed by atoms with Crippen LogP contribution in [-0.2, 0) is 14.3 Å². The predicted octanol–water partition coefficient (Wildman–Crippen LogP) is 2.02. The van der Waals surface area contributed by atoms with Gasteiger partial charge in [0.2, 0.25) is 0 Å². The van der Waals surface area contributed by atoms with Gasteiger partial charge in [-0.25, -0.2) is 9.67 Å². The van der Waals surface area contributed by atoms with Crippen molar-refractivity contribution in [1.82, 2.24) is 14.8 Å². The number of ether oxygens (including phenoxy) is 2. The summed E-state index contributed by atoms with van der Waals surface area (Å²) in [6, 6.07) is 5.56. The highest BCUT2D eigenvalue weighted by molar-refractivity contribution is 9.10. The number of hydrogen-bond acceptors (Lipinski definition) is 5. The molecule has 8 heteroatoms. The standard InChI is InChI=1S/C15H17BrN4O3/c1-22-14(10-4-5-23-7-10)15(21)19-12-6-11(16)2-3-13(12)20-9-17-8-18-20/h2-3,6,8-10,14H,4-5,7H2,1H3,(H,19,21). The van der Waals surface area contributed by atoms with Crippen LogP contribution in [0.2, 0.25) is 0 Å². The SMILES string of the molecule is COC(C(=O)Nc1cc(Br)ccc1-n1cncn1)C1CCOC1. The van der Waals surface area contributed by atoms with Crippen LogP contribution >= 0.6 is 15.9 Å². The van der Waals surface area contributed by atoms with Crippen LogP contribution in [0.25, 0.3) is 5.69 Å². The maximum Gasteiger partial charge on any atom is 0.253 e. The Morgan fingerprint density at radius 1 is 1.57 bits per heavy atom. The fourth-order valence-electron chi connectivity index (χ4n) is 2.65. The first-order chi connectivity index (χ1) is 11.2. The van der Waals surface area contributed by atoms with Crippen molar-refractivity contribution >= 4 is 27.5 Å². The van der Waals surface area contributed by atoms with Crippen LogP contribution in [0.5, 0.6) is 0 Å². The van der Waals surface area contributed by atoms with Crippen molar-refractivity contribution in [2.45, 2.75) is 12.5 Å². The number of rotatable bonds is 5. The summed E-state index contributed by atoms with van der Waals surface area (Å²) in [5, 5.41) is 7.04. The van der Waals surface area contributed by atoms with Gasteiger partial charge in [0, 0.05) is 24.1 Å². The summed E-state index contributed by atoms with van der Waals surface area (Å²) in [6.45, 7) is 1.21. The monoisotopic (exact) mass is 380 g/mol. The highest BCUT2D eigenvalue weighted by Crippen LogP contribution is 2.26. The van der Waals surface area contributed by atoms with Gasteiger partial charge in [-0.1, -0.05) is 15.9 Å². The largest absolute Gasteiger partial charge is 0.381 e. The van der Waals surface area contributed by atoms with Gasteiger partial charge in [0.1, 0.15) is 18.8 Å². The Balaban J connectivity index is 1.83. The summed E-state index contributed by atoms with van der Waals surface area (Å²) in [4.78, 5) is 16.6. The second-order valence-electron chi connectivity index (χ2n) is 5.27. The molecule has 0 aliphatic carbocycles. The molecule has 0 radical (unpaired) electrons. The van der Waals surface area contributed by atoms with Gasteiger partial charge in [-0.2, -0.15) is 5.10 Å². The van der Waals surface area contributed by atoms with Gasteiger partial charge in [-0.05, 0) is 24.6 Å². The molecule has 1 saturated heterocycles. The lowest BCUT2D eigenvalue weighted by Crippen LogP contribution is -2.36. The van der Waals surface area contributed by atoms with Crippen LogP contribution in [0.4, 0.5) is 5.69 Å². The van der Waals surface area contributed by atoms with Gasteiger partial charge in [-0.3, -0.25) is 4.79 Å². The zero-order chi connectivity index (χ0) is 16.2. The fourth-order valence-corrected chi connectivity index (χ4v) is 3.01. The summed E-state index contributed by atoms with van der Waals surface area (Å²) >= 11 is 3.42. The van der Waals surface area contributed by atoms with Crippen LogP contribution in [0, 0.1) is 5.92 Å². The van der Waals surface area contributed by atoms with Crippen molar-refractivity contribution in [3.05, 3.63) is 35.3 Å². The van der Waals surface area contributed by atoms with Crippen LogP contribution in [0.3, 0.4) is 0 Å². The normalized spacial score (nSPS) is 18.8. The first kappa shape index (κ1) is 16.1. The molecule has 1 fully saturated rings. The van der Waals surface area contributed by atoms with Crippen molar-refractivity contribution in [1.29, 1.82) is 0 Å². The first-order valence-electron chi connectivity index (χ1n) is 7.25. The zero-order valence-electron chi connectivity index (χ0n) is 12.6. The Bertz CT molecular complexity index is 671. The molecule has 0 bridgehead atoms. The molecule has 7 nitrogen and oxygen atoms in total. The van der Waals surface area contributed by atoms with E-state index in [1.807, 2.05) is 18.2 Å². The number of carbonyl (C=O) groups excluding carboxylic acids is 1. The Kier molecular flexibility index (Phi) is 5.04. The Hall–Kier alpha value is -1.77. The summed E-state index contributed by atoms with van der Waals surface area (Å²) < 4.78 is 13.2. The lowest BCUT2D eigenvalue weighted by Gasteiger charge is -2.21. The van der Waals surface area contributed by atoms with Crippen molar-refractivity contribution in [2.75, 3.05) is 25.6 Å². The minimum absolute atomic E-state index is 0.0713. The number of benzene rings is 1. The molecular formula is C15H17BrN4O3. The summed E-state index contributed by atoms with van der Waals surface area (Å²) in [6.07, 6.45) is 3.30. The molecule has 3 rings (SSSR count). The number of methoxy groups -OCH3 is 1. The summed E-state index contributed by atoms with van der Waals surface area (Å²) in [7, 11) is 1.54. The van der Waals surface area contributed by atoms with Crippen molar-refractivity contribution in [2.24, 2.45) is 5.92 Å². The molecule has 2 atom stereocenters. The van der Waals surface area contributed by atoms with E-state index in [1.54, 1.807) is 18.1 Å². The maximum atomic E-state index is 12.6. The van der Waals surface area contributed by atoms with Gasteiger partial charge in [0.25, 0.3) is 5.91 Å². The van der Waals surface area contributed by atoms with E-state index >= 15 is 0 Å². The molecule has 1 amide bonds. The molecule has 1 aliphatic rings. The van der Waals surface area contributed by atoms with E-state index in [2.05, 4.69) is 31.3 Å². The average molecular weight is 381 g/mol. The summed E-state index contributed by atoms with van der Waals surface area (Å²) in [5.41, 5.74) is 1.37. The zero-order valence-corrected chi connectivity index (χ0v) is 14.2. The second kappa shape index (κ2) is 7.20. The molecule has 1 N–H and O–H groups in total. The average Bonchev–Trinajstić information content (AvgIpc) is 3.21. The van der Waals surface area contributed by atoms with E-state index in [9.17, 15) is 4.79 Å². The number of carbonyl (C=O) groups is 1. The highest BCUT2D eigenvalue weighted by atomic mass is 79.9. The van der Waals surface area contributed by atoms with Gasteiger partial charge in [-0.15, -0.1) is 0 Å². The number of anilines is 1. The maximum absolute atomic E-state index is 12.6. The Morgan fingerprint density at radius 3 is 3.09 bits per heavy atom. The number of aromatic nitrogens is 3. The van der Waals surface area contributed by atoms with Gasteiger partial charge in [0.05, 0.1) is 18.0 Å². The molecule has 2 heterocycles. The number of hydrogen-bond donors (Lipinski definition) is 1. The third kappa shape index (κ3) is 3.60. The third-order valence-electron chi connectivity index (χ3n) is 3.79. The Labute approximate surface area is 142 Å². The Morgan fingerprint density at radius 2 is 2.43 bits per heavy atom. The highest BCUT2D eigenvalue weighted by Gasteiger charge is 2.31. The predicted molar refractivity (Wildman–Crippen MR) is 87.4 cm³/mol. The van der Waals surface area contributed by atoms with E-state index in [0.29, 0.717) is 18.9 Å². The molecule has 23 heavy (non-hydrogen) atoms. The molecule has 1 aromatic carbocycles. The van der Waals surface area contributed by atoms with Crippen LogP contribution in [0.1, 0.15) is 6.42 Å². The first-order valence-corrected chi connectivity index (χ1v) is 8.04. The van der Waals surface area contributed by atoms with Gasteiger partial charge in [0.15, 0.2) is 0 Å². The smallest absolute Gasteiger partial charge is 0.253 e. The van der Waals surface area contributed by atoms with Crippen molar-refractivity contribution < 1.29 is 14.3 Å². The summed E-state index contributed by atoms with van der Waals surface area (Å²) in [5.74, 6) is -0.121. The number of halogens is 1.